The fourth-order valence-electron chi connectivity index (χ4n) is 4.21. The van der Waals surface area contributed by atoms with Gasteiger partial charge >= 0.3 is 0 Å². The van der Waals surface area contributed by atoms with Gasteiger partial charge in [-0.3, -0.25) is 4.90 Å². The largest absolute Gasteiger partial charge is 0.327 e. The van der Waals surface area contributed by atoms with Gasteiger partial charge < -0.3 is 8.97 Å². The van der Waals surface area contributed by atoms with Crippen molar-refractivity contribution in [2.75, 3.05) is 74.5 Å². The first kappa shape index (κ1) is 29.9. The molecule has 0 aromatic heterocycles. The van der Waals surface area contributed by atoms with E-state index < -0.39 is 0 Å². The third kappa shape index (κ3) is 19.8. The van der Waals surface area contributed by atoms with E-state index in [0.717, 1.165) is 0 Å². The molecule has 0 rings (SSSR count). The van der Waals surface area contributed by atoms with Gasteiger partial charge in [-0.15, -0.1) is 0 Å². The Morgan fingerprint density at radius 1 is 0.433 bits per heavy atom. The summed E-state index contributed by atoms with van der Waals surface area (Å²) in [5, 5.41) is 0. The van der Waals surface area contributed by atoms with E-state index in [4.69, 9.17) is 0 Å². The summed E-state index contributed by atoms with van der Waals surface area (Å²) in [4.78, 5) is 2.56. The third-order valence-corrected chi connectivity index (χ3v) is 6.91. The monoisotopic (exact) mass is 427 g/mol. The van der Waals surface area contributed by atoms with Crippen LogP contribution in [0.4, 0.5) is 0 Å². The van der Waals surface area contributed by atoms with Crippen molar-refractivity contribution in [1.29, 1.82) is 0 Å². The van der Waals surface area contributed by atoms with E-state index in [1.54, 1.807) is 0 Å². The van der Waals surface area contributed by atoms with Gasteiger partial charge in [0.1, 0.15) is 0 Å². The molecule has 0 N–H and O–H groups in total. The molecule has 0 amide bonds. The number of hydrogen-bond donors (Lipinski definition) is 0. The summed E-state index contributed by atoms with van der Waals surface area (Å²) in [6.45, 7) is 12.3. The molecule has 30 heavy (non-hydrogen) atoms. The number of quaternary nitrogens is 2. The summed E-state index contributed by atoms with van der Waals surface area (Å²) < 4.78 is 2.35. The highest BCUT2D eigenvalue weighted by Crippen LogP contribution is 2.11. The highest BCUT2D eigenvalue weighted by Gasteiger charge is 2.18. The van der Waals surface area contributed by atoms with Crippen molar-refractivity contribution in [2.45, 2.75) is 104 Å². The SMILES string of the molecule is CCCCCCCCC[N+](C)(C)CCN(C)CC[N+](C)(C)CCCCCCCCC. The first-order chi connectivity index (χ1) is 14.2. The second-order valence-electron chi connectivity index (χ2n) is 11.3. The number of unbranched alkanes of at least 4 members (excludes halogenated alkanes) is 12. The van der Waals surface area contributed by atoms with E-state index in [2.05, 4.69) is 54.0 Å². The Morgan fingerprint density at radius 2 is 0.733 bits per heavy atom. The van der Waals surface area contributed by atoms with Gasteiger partial charge in [-0.1, -0.05) is 78.1 Å². The molecule has 0 atom stereocenters. The Bertz CT molecular complexity index is 331. The van der Waals surface area contributed by atoms with E-state index in [1.807, 2.05) is 0 Å². The van der Waals surface area contributed by atoms with Crippen LogP contribution in [0.1, 0.15) is 104 Å². The maximum atomic E-state index is 2.56. The highest BCUT2D eigenvalue weighted by atomic mass is 15.3. The van der Waals surface area contributed by atoms with Crippen molar-refractivity contribution < 1.29 is 8.97 Å². The van der Waals surface area contributed by atoms with Gasteiger partial charge in [-0.05, 0) is 32.7 Å². The quantitative estimate of drug-likeness (QED) is 0.139. The van der Waals surface area contributed by atoms with Gasteiger partial charge in [0.25, 0.3) is 0 Å². The number of hydrogen-bond acceptors (Lipinski definition) is 1. The van der Waals surface area contributed by atoms with Gasteiger partial charge in [0, 0.05) is 13.1 Å². The van der Waals surface area contributed by atoms with Gasteiger partial charge in [0.05, 0.1) is 54.4 Å². The maximum absolute atomic E-state index is 2.56. The number of rotatable bonds is 22. The first-order valence-electron chi connectivity index (χ1n) is 13.5. The average molecular weight is 428 g/mol. The van der Waals surface area contributed by atoms with Crippen molar-refractivity contribution in [3.05, 3.63) is 0 Å². The van der Waals surface area contributed by atoms with Gasteiger partial charge in [0.2, 0.25) is 0 Å². The molecule has 0 aliphatic carbocycles. The topological polar surface area (TPSA) is 3.24 Å². The van der Waals surface area contributed by atoms with Crippen LogP contribution in [0.5, 0.6) is 0 Å². The second-order valence-corrected chi connectivity index (χ2v) is 11.3. The van der Waals surface area contributed by atoms with Crippen molar-refractivity contribution in [3.8, 4) is 0 Å². The Balaban J connectivity index is 3.80. The van der Waals surface area contributed by atoms with Crippen molar-refractivity contribution in [3.63, 3.8) is 0 Å². The summed E-state index contributed by atoms with van der Waals surface area (Å²) >= 11 is 0. The average Bonchev–Trinajstić information content (AvgIpc) is 2.69. The molecule has 0 heterocycles. The highest BCUT2D eigenvalue weighted by molar-refractivity contribution is 4.53. The lowest BCUT2D eigenvalue weighted by Crippen LogP contribution is -2.48. The standard InChI is InChI=1S/C27H61N3/c1-8-10-12-14-16-18-20-24-29(4,5)26-22-28(3)23-27-30(6,7)25-21-19-17-15-13-11-9-2/h8-27H2,1-7H3/q+2. The Kier molecular flexibility index (Phi) is 18.4. The molecule has 0 radical (unpaired) electrons. The minimum absolute atomic E-state index is 1.18. The van der Waals surface area contributed by atoms with Gasteiger partial charge in [-0.2, -0.15) is 0 Å². The zero-order valence-corrected chi connectivity index (χ0v) is 22.5. The van der Waals surface area contributed by atoms with Crippen LogP contribution < -0.4 is 0 Å². The summed E-state index contributed by atoms with van der Waals surface area (Å²) in [6.07, 6.45) is 19.8. The van der Waals surface area contributed by atoms with Crippen LogP contribution in [0.3, 0.4) is 0 Å². The Labute approximate surface area is 192 Å². The number of nitrogens with zero attached hydrogens (tertiary/aromatic N) is 3. The molecule has 0 fully saturated rings. The zero-order chi connectivity index (χ0) is 22.7. The molecule has 0 saturated carbocycles. The second kappa shape index (κ2) is 18.5. The molecule has 3 nitrogen and oxygen atoms in total. The molecule has 0 aliphatic heterocycles. The van der Waals surface area contributed by atoms with Gasteiger partial charge in [0.15, 0.2) is 0 Å². The molecule has 0 aromatic rings. The zero-order valence-electron chi connectivity index (χ0n) is 22.5. The Hall–Kier alpha value is -0.120. The van der Waals surface area contributed by atoms with Crippen LogP contribution in [0, 0.1) is 0 Å². The fraction of sp³-hybridized carbons (Fsp3) is 1.00. The number of likely N-dealkylation sites (N-methyl/N-ethyl adjacent to an activating group) is 3. The van der Waals surface area contributed by atoms with Gasteiger partial charge in [-0.25, -0.2) is 0 Å². The normalized spacial score (nSPS) is 12.8. The molecule has 0 aromatic carbocycles. The minimum atomic E-state index is 1.18. The fourth-order valence-corrected chi connectivity index (χ4v) is 4.21. The lowest BCUT2D eigenvalue weighted by atomic mass is 10.1. The van der Waals surface area contributed by atoms with E-state index in [1.165, 1.54) is 138 Å². The molecular weight excluding hydrogens is 366 g/mol. The van der Waals surface area contributed by atoms with E-state index >= 15 is 0 Å². The molecule has 0 unspecified atom stereocenters. The summed E-state index contributed by atoms with van der Waals surface area (Å²) in [7, 11) is 12.0. The maximum Gasteiger partial charge on any atom is 0.0911 e. The molecule has 0 aliphatic rings. The summed E-state index contributed by atoms with van der Waals surface area (Å²) in [5.74, 6) is 0. The predicted molar refractivity (Wildman–Crippen MR) is 137 cm³/mol. The smallest absolute Gasteiger partial charge is 0.0911 e. The molecule has 182 valence electrons. The van der Waals surface area contributed by atoms with Crippen molar-refractivity contribution >= 4 is 0 Å². The Morgan fingerprint density at radius 3 is 1.07 bits per heavy atom. The first-order valence-corrected chi connectivity index (χ1v) is 13.5. The molecule has 0 spiro atoms. The third-order valence-electron chi connectivity index (χ3n) is 6.91. The van der Waals surface area contributed by atoms with Crippen LogP contribution in [-0.4, -0.2) is 88.4 Å². The molecule has 3 heteroatoms. The van der Waals surface area contributed by atoms with E-state index in [0.29, 0.717) is 0 Å². The minimum Gasteiger partial charge on any atom is -0.327 e. The summed E-state index contributed by atoms with van der Waals surface area (Å²) in [6, 6.07) is 0. The van der Waals surface area contributed by atoms with Crippen molar-refractivity contribution in [1.82, 2.24) is 4.90 Å². The molecule has 0 bridgehead atoms. The predicted octanol–water partition coefficient (Wildman–Crippen LogP) is 6.57. The van der Waals surface area contributed by atoms with Crippen LogP contribution >= 0.6 is 0 Å². The molecule has 0 saturated heterocycles. The van der Waals surface area contributed by atoms with E-state index in [9.17, 15) is 0 Å². The lowest BCUT2D eigenvalue weighted by molar-refractivity contribution is -0.892. The van der Waals surface area contributed by atoms with Crippen molar-refractivity contribution in [2.24, 2.45) is 0 Å². The molecular formula is C27H61N3+2. The van der Waals surface area contributed by atoms with Crippen LogP contribution in [0.2, 0.25) is 0 Å². The van der Waals surface area contributed by atoms with E-state index in [-0.39, 0.29) is 0 Å². The van der Waals surface area contributed by atoms with Crippen LogP contribution in [0.25, 0.3) is 0 Å². The summed E-state index contributed by atoms with van der Waals surface area (Å²) in [5.41, 5.74) is 0. The van der Waals surface area contributed by atoms with Crippen LogP contribution in [0.15, 0.2) is 0 Å². The lowest BCUT2D eigenvalue weighted by Gasteiger charge is -2.34. The van der Waals surface area contributed by atoms with Crippen LogP contribution in [-0.2, 0) is 0 Å².